The second-order valence-corrected chi connectivity index (χ2v) is 9.55. The third-order valence-electron chi connectivity index (χ3n) is 6.99. The number of morpholine rings is 1. The first-order valence-corrected chi connectivity index (χ1v) is 12.7. The largest absolute Gasteiger partial charge is 0.505 e. The fraction of sp³-hybridized carbons (Fsp3) is 0.423. The van der Waals surface area contributed by atoms with E-state index in [0.717, 1.165) is 7.05 Å². The zero-order chi connectivity index (χ0) is 31.4. The van der Waals surface area contributed by atoms with Crippen molar-refractivity contribution in [2.24, 2.45) is 0 Å². The monoisotopic (exact) mass is 596 g/mol. The molecule has 0 saturated carbocycles. The number of nitrogens with zero attached hydrogens (tertiary/aromatic N) is 2. The van der Waals surface area contributed by atoms with Gasteiger partial charge in [-0.15, -0.1) is 0 Å². The predicted octanol–water partition coefficient (Wildman–Crippen LogP) is -0.226. The summed E-state index contributed by atoms with van der Waals surface area (Å²) in [5.41, 5.74) is -4.83. The number of aliphatic hydroxyl groups is 4. The number of likely N-dealkylation sites (tertiary alicyclic amines) is 1. The molecule has 0 bridgehead atoms. The molecule has 2 saturated heterocycles. The van der Waals surface area contributed by atoms with Crippen LogP contribution < -0.4 is 10.6 Å². The van der Waals surface area contributed by atoms with Gasteiger partial charge in [-0.05, 0) is 0 Å². The standard InChI is InChI=1S/C26H33FN4O11/c1-13(33)19(34)17-15(12-31(24(17)39)26(41,4-3-7-32)25(40)28-2)23(38)29-10-14-18(27)20(35)16(22(37)21(14)36)11-30-5-8-42-9-6-30/h7,29,33-38,41H,1,3-6,8-12H2,2H3,(H,28,40)/b19-17-,23-15-. The van der Waals surface area contributed by atoms with Gasteiger partial charge in [-0.1, -0.05) is 6.58 Å². The highest BCUT2D eigenvalue weighted by Gasteiger charge is 2.50. The smallest absolute Gasteiger partial charge is 0.273 e. The maximum Gasteiger partial charge on any atom is 0.273 e. The lowest BCUT2D eigenvalue weighted by molar-refractivity contribution is -0.171. The molecule has 3 rings (SSSR count). The van der Waals surface area contributed by atoms with E-state index in [9.17, 15) is 50.1 Å². The fourth-order valence-corrected chi connectivity index (χ4v) is 4.64. The second-order valence-electron chi connectivity index (χ2n) is 9.55. The van der Waals surface area contributed by atoms with E-state index >= 15 is 4.39 Å². The van der Waals surface area contributed by atoms with Gasteiger partial charge in [0.15, 0.2) is 40.5 Å². The highest BCUT2D eigenvalue weighted by atomic mass is 19.1. The Balaban J connectivity index is 1.99. The second kappa shape index (κ2) is 13.0. The van der Waals surface area contributed by atoms with Gasteiger partial charge in [-0.25, -0.2) is 4.39 Å². The number of phenolic OH excluding ortho intramolecular Hbond substituents is 3. The minimum Gasteiger partial charge on any atom is -0.505 e. The van der Waals surface area contributed by atoms with Crippen LogP contribution in [0, 0.1) is 5.82 Å². The third-order valence-corrected chi connectivity index (χ3v) is 6.99. The van der Waals surface area contributed by atoms with Crippen molar-refractivity contribution in [2.45, 2.75) is 31.7 Å². The number of carbonyl (C=O) groups is 3. The van der Waals surface area contributed by atoms with Crippen LogP contribution in [0.5, 0.6) is 17.2 Å². The summed E-state index contributed by atoms with van der Waals surface area (Å²) in [6, 6.07) is 0. The number of aromatic hydroxyl groups is 3. The number of hydrogen-bond acceptors (Lipinski definition) is 13. The van der Waals surface area contributed by atoms with Crippen molar-refractivity contribution in [1.29, 1.82) is 0 Å². The molecule has 1 atom stereocenters. The Morgan fingerprint density at radius 1 is 1.12 bits per heavy atom. The number of halogens is 1. The van der Waals surface area contributed by atoms with Crippen LogP contribution in [-0.4, -0.2) is 109 Å². The quantitative estimate of drug-likeness (QED) is 0.0529. The predicted molar refractivity (Wildman–Crippen MR) is 141 cm³/mol. The lowest BCUT2D eigenvalue weighted by atomic mass is 10.0. The molecule has 1 aromatic carbocycles. The highest BCUT2D eigenvalue weighted by molar-refractivity contribution is 6.05. The molecule has 42 heavy (non-hydrogen) atoms. The number of likely N-dealkylation sites (N-methyl/N-ethyl adjacent to an activating group) is 1. The average Bonchev–Trinajstić information content (AvgIpc) is 3.33. The fourth-order valence-electron chi connectivity index (χ4n) is 4.64. The number of nitrogens with one attached hydrogen (secondary N) is 2. The van der Waals surface area contributed by atoms with E-state index in [1.165, 1.54) is 0 Å². The molecule has 1 aromatic rings. The summed E-state index contributed by atoms with van der Waals surface area (Å²) in [6.45, 7) is 3.15. The van der Waals surface area contributed by atoms with Crippen molar-refractivity contribution in [3.63, 3.8) is 0 Å². The topological polar surface area (TPSA) is 233 Å². The first-order valence-electron chi connectivity index (χ1n) is 12.7. The van der Waals surface area contributed by atoms with E-state index in [-0.39, 0.29) is 18.5 Å². The first-order chi connectivity index (χ1) is 19.8. The van der Waals surface area contributed by atoms with Crippen molar-refractivity contribution in [3.8, 4) is 17.2 Å². The van der Waals surface area contributed by atoms with Crippen LogP contribution in [0.25, 0.3) is 0 Å². The molecule has 0 radical (unpaired) electrons. The summed E-state index contributed by atoms with van der Waals surface area (Å²) in [6.07, 6.45) is -0.528. The van der Waals surface area contributed by atoms with Crippen LogP contribution >= 0.6 is 0 Å². The molecular weight excluding hydrogens is 563 g/mol. The number of aliphatic hydroxyl groups excluding tert-OH is 3. The lowest BCUT2D eigenvalue weighted by Gasteiger charge is -2.34. The number of ether oxygens (including phenoxy) is 1. The Bertz CT molecular complexity index is 1310. The molecule has 16 heteroatoms. The molecule has 9 N–H and O–H groups in total. The van der Waals surface area contributed by atoms with E-state index < -0.39 is 94.2 Å². The minimum absolute atomic E-state index is 0.0940. The maximum absolute atomic E-state index is 15.2. The van der Waals surface area contributed by atoms with Crippen LogP contribution in [0.2, 0.25) is 0 Å². The van der Waals surface area contributed by atoms with Gasteiger partial charge in [0.25, 0.3) is 11.8 Å². The van der Waals surface area contributed by atoms with E-state index in [1.807, 2.05) is 0 Å². The normalized spacial score (nSPS) is 19.7. The zero-order valence-electron chi connectivity index (χ0n) is 22.7. The van der Waals surface area contributed by atoms with Gasteiger partial charge in [-0.3, -0.25) is 19.4 Å². The van der Waals surface area contributed by atoms with Crippen LogP contribution in [-0.2, 0) is 32.2 Å². The van der Waals surface area contributed by atoms with Crippen molar-refractivity contribution in [2.75, 3.05) is 39.9 Å². The number of phenols is 3. The van der Waals surface area contributed by atoms with E-state index in [4.69, 9.17) is 4.74 Å². The van der Waals surface area contributed by atoms with Crippen LogP contribution in [0.4, 0.5) is 4.39 Å². The molecule has 1 unspecified atom stereocenters. The van der Waals surface area contributed by atoms with Crippen LogP contribution in [0.3, 0.4) is 0 Å². The Kier molecular flexibility index (Phi) is 9.87. The Labute approximate surface area is 239 Å². The number of aldehydes is 1. The molecule has 0 aliphatic carbocycles. The lowest BCUT2D eigenvalue weighted by Crippen LogP contribution is -2.59. The number of rotatable bonds is 11. The van der Waals surface area contributed by atoms with E-state index in [2.05, 4.69) is 17.2 Å². The molecule has 230 valence electrons. The average molecular weight is 597 g/mol. The molecule has 2 aliphatic heterocycles. The van der Waals surface area contributed by atoms with E-state index in [1.54, 1.807) is 4.90 Å². The molecule has 2 amide bonds. The van der Waals surface area contributed by atoms with E-state index in [0.29, 0.717) is 37.5 Å². The summed E-state index contributed by atoms with van der Waals surface area (Å²) in [4.78, 5) is 39.0. The Morgan fingerprint density at radius 2 is 1.74 bits per heavy atom. The molecule has 2 fully saturated rings. The summed E-state index contributed by atoms with van der Waals surface area (Å²) < 4.78 is 20.4. The Hall–Kier alpha value is -4.54. The van der Waals surface area contributed by atoms with Gasteiger partial charge in [0, 0.05) is 51.6 Å². The molecule has 2 aliphatic rings. The van der Waals surface area contributed by atoms with Crippen molar-refractivity contribution >= 4 is 18.1 Å². The first kappa shape index (κ1) is 32.0. The van der Waals surface area contributed by atoms with Gasteiger partial charge in [0.2, 0.25) is 5.72 Å². The molecule has 0 spiro atoms. The number of hydrogen-bond donors (Lipinski definition) is 9. The summed E-state index contributed by atoms with van der Waals surface area (Å²) in [5.74, 6) is -9.37. The molecule has 15 nitrogen and oxygen atoms in total. The summed E-state index contributed by atoms with van der Waals surface area (Å²) in [5, 5.41) is 77.9. The third kappa shape index (κ3) is 6.05. The summed E-state index contributed by atoms with van der Waals surface area (Å²) in [7, 11) is 1.16. The SMILES string of the molecule is C=C(O)/C(O)=C1/C(=O)N(C(O)(CCC=O)C(=O)NC)C/C1=C(/O)NCc1c(O)c(O)c(CN2CCOCC2)c(O)c1F. The zero-order valence-corrected chi connectivity index (χ0v) is 22.7. The highest BCUT2D eigenvalue weighted by Crippen LogP contribution is 2.42. The number of carbonyl (C=O) groups excluding carboxylic acids is 3. The van der Waals surface area contributed by atoms with Gasteiger partial charge in [0.05, 0.1) is 36.5 Å². The van der Waals surface area contributed by atoms with Crippen LogP contribution in [0.15, 0.2) is 35.1 Å². The van der Waals surface area contributed by atoms with Crippen LogP contribution in [0.1, 0.15) is 24.0 Å². The van der Waals surface area contributed by atoms with Gasteiger partial charge in [0.1, 0.15) is 6.29 Å². The van der Waals surface area contributed by atoms with Crippen molar-refractivity contribution in [1.82, 2.24) is 20.4 Å². The summed E-state index contributed by atoms with van der Waals surface area (Å²) >= 11 is 0. The number of benzene rings is 1. The maximum atomic E-state index is 15.2. The Morgan fingerprint density at radius 3 is 2.31 bits per heavy atom. The minimum atomic E-state index is -2.63. The molecule has 2 heterocycles. The molecule has 0 aromatic heterocycles. The number of amides is 2. The van der Waals surface area contributed by atoms with Gasteiger partial charge in [-0.2, -0.15) is 0 Å². The molecular formula is C26H33FN4O11. The van der Waals surface area contributed by atoms with Crippen molar-refractivity contribution in [3.05, 3.63) is 52.1 Å². The van der Waals surface area contributed by atoms with Gasteiger partial charge < -0.3 is 55.9 Å². The van der Waals surface area contributed by atoms with Crippen molar-refractivity contribution < 1.29 is 59.3 Å². The van der Waals surface area contributed by atoms with Gasteiger partial charge >= 0.3 is 0 Å².